The molecule has 3 aromatic carbocycles. The third-order valence-electron chi connectivity index (χ3n) is 5.41. The van der Waals surface area contributed by atoms with Gasteiger partial charge in [-0.15, -0.1) is 0 Å². The Bertz CT molecular complexity index is 1330. The largest absolute Gasteiger partial charge is 0.452 e. The highest BCUT2D eigenvalue weighted by Gasteiger charge is 2.17. The number of carbonyl (C=O) groups is 2. The number of nitrogens with one attached hydrogen (secondary N) is 1. The van der Waals surface area contributed by atoms with Crippen molar-refractivity contribution in [1.29, 1.82) is 0 Å². The van der Waals surface area contributed by atoms with E-state index in [1.165, 1.54) is 12.1 Å². The SMILES string of the molecule is CCc1cccc(C)c1NC(=O)COC(=O)c1cc(-c2ccc(F)cc2)nc2ccccc12. The first kappa shape index (κ1) is 22.1. The smallest absolute Gasteiger partial charge is 0.339 e. The topological polar surface area (TPSA) is 68.3 Å². The number of esters is 1. The fourth-order valence-electron chi connectivity index (χ4n) is 3.70. The number of amides is 1. The highest BCUT2D eigenvalue weighted by molar-refractivity contribution is 6.05. The van der Waals surface area contributed by atoms with Crippen molar-refractivity contribution in [3.8, 4) is 11.3 Å². The summed E-state index contributed by atoms with van der Waals surface area (Å²) in [5.41, 5.74) is 4.77. The molecule has 0 radical (unpaired) electrons. The van der Waals surface area contributed by atoms with E-state index in [1.807, 2.05) is 38.1 Å². The summed E-state index contributed by atoms with van der Waals surface area (Å²) in [4.78, 5) is 30.1. The first-order valence-corrected chi connectivity index (χ1v) is 10.7. The summed E-state index contributed by atoms with van der Waals surface area (Å²) in [5.74, 6) is -1.40. The number of hydrogen-bond acceptors (Lipinski definition) is 4. The lowest BCUT2D eigenvalue weighted by Crippen LogP contribution is -2.22. The van der Waals surface area contributed by atoms with E-state index in [4.69, 9.17) is 4.74 Å². The molecule has 1 N–H and O–H groups in total. The van der Waals surface area contributed by atoms with Gasteiger partial charge in [-0.1, -0.05) is 43.3 Å². The van der Waals surface area contributed by atoms with E-state index in [9.17, 15) is 14.0 Å². The van der Waals surface area contributed by atoms with E-state index >= 15 is 0 Å². The number of fused-ring (bicyclic) bond motifs is 1. The number of para-hydroxylation sites is 2. The Balaban J connectivity index is 1.57. The standard InChI is InChI=1S/C27H23FN2O3/c1-3-18-8-6-7-17(2)26(18)30-25(31)16-33-27(32)22-15-24(19-11-13-20(28)14-12-19)29-23-10-5-4-9-21(22)23/h4-15H,3,16H2,1-2H3,(H,30,31). The van der Waals surface area contributed by atoms with E-state index in [0.29, 0.717) is 22.2 Å². The van der Waals surface area contributed by atoms with Gasteiger partial charge in [0.05, 0.1) is 16.8 Å². The molecule has 33 heavy (non-hydrogen) atoms. The summed E-state index contributed by atoms with van der Waals surface area (Å²) >= 11 is 0. The zero-order valence-electron chi connectivity index (χ0n) is 18.4. The Hall–Kier alpha value is -4.06. The quantitative estimate of drug-likeness (QED) is 0.389. The van der Waals surface area contributed by atoms with Gasteiger partial charge in [-0.25, -0.2) is 14.2 Å². The molecule has 0 atom stereocenters. The summed E-state index contributed by atoms with van der Waals surface area (Å²) in [6.07, 6.45) is 0.770. The van der Waals surface area contributed by atoms with Crippen molar-refractivity contribution in [2.75, 3.05) is 11.9 Å². The molecular formula is C27H23FN2O3. The molecule has 0 aliphatic heterocycles. The number of hydrogen-bond donors (Lipinski definition) is 1. The first-order valence-electron chi connectivity index (χ1n) is 10.7. The van der Waals surface area contributed by atoms with Gasteiger partial charge < -0.3 is 10.1 Å². The van der Waals surface area contributed by atoms with Crippen LogP contribution < -0.4 is 5.32 Å². The Labute approximate surface area is 191 Å². The van der Waals surface area contributed by atoms with Gasteiger partial charge in [0.2, 0.25) is 0 Å². The minimum Gasteiger partial charge on any atom is -0.452 e. The zero-order chi connectivity index (χ0) is 23.4. The number of ether oxygens (including phenoxy) is 1. The van der Waals surface area contributed by atoms with Crippen LogP contribution in [0, 0.1) is 12.7 Å². The van der Waals surface area contributed by atoms with Gasteiger partial charge in [-0.05, 0) is 60.9 Å². The van der Waals surface area contributed by atoms with Crippen molar-refractivity contribution in [2.45, 2.75) is 20.3 Å². The molecule has 4 rings (SSSR count). The molecule has 0 unspecified atom stereocenters. The molecule has 4 aromatic rings. The summed E-state index contributed by atoms with van der Waals surface area (Å²) in [6, 6.07) is 20.5. The predicted octanol–water partition coefficient (Wildman–Crippen LogP) is 5.71. The van der Waals surface area contributed by atoms with Crippen LogP contribution >= 0.6 is 0 Å². The fraction of sp³-hybridized carbons (Fsp3) is 0.148. The number of halogens is 1. The number of nitrogens with zero attached hydrogens (tertiary/aromatic N) is 1. The van der Waals surface area contributed by atoms with Crippen LogP contribution in [0.1, 0.15) is 28.4 Å². The molecule has 0 bridgehead atoms. The van der Waals surface area contributed by atoms with Crippen molar-refractivity contribution in [2.24, 2.45) is 0 Å². The van der Waals surface area contributed by atoms with E-state index in [-0.39, 0.29) is 11.4 Å². The van der Waals surface area contributed by atoms with Gasteiger partial charge in [0, 0.05) is 16.6 Å². The Morgan fingerprint density at radius 2 is 1.76 bits per heavy atom. The molecule has 6 heteroatoms. The van der Waals surface area contributed by atoms with Crippen LogP contribution in [0.2, 0.25) is 0 Å². The average molecular weight is 442 g/mol. The second kappa shape index (κ2) is 9.61. The Morgan fingerprint density at radius 3 is 2.52 bits per heavy atom. The van der Waals surface area contributed by atoms with Gasteiger partial charge in [-0.2, -0.15) is 0 Å². The maximum Gasteiger partial charge on any atom is 0.339 e. The van der Waals surface area contributed by atoms with Crippen molar-refractivity contribution < 1.29 is 18.7 Å². The number of carbonyl (C=O) groups excluding carboxylic acids is 2. The van der Waals surface area contributed by atoms with Gasteiger partial charge in [0.15, 0.2) is 6.61 Å². The lowest BCUT2D eigenvalue weighted by Gasteiger charge is -2.13. The maximum atomic E-state index is 13.3. The second-order valence-corrected chi connectivity index (χ2v) is 7.67. The Kier molecular flexibility index (Phi) is 6.45. The highest BCUT2D eigenvalue weighted by atomic mass is 19.1. The number of anilines is 1. The molecule has 0 aliphatic rings. The molecule has 1 aromatic heterocycles. The maximum absolute atomic E-state index is 13.3. The van der Waals surface area contributed by atoms with Crippen LogP contribution in [-0.4, -0.2) is 23.5 Å². The predicted molar refractivity (Wildman–Crippen MR) is 127 cm³/mol. The highest BCUT2D eigenvalue weighted by Crippen LogP contribution is 2.26. The molecule has 0 fully saturated rings. The molecule has 5 nitrogen and oxygen atoms in total. The third kappa shape index (κ3) is 4.90. The molecule has 0 saturated heterocycles. The van der Waals surface area contributed by atoms with Gasteiger partial charge >= 0.3 is 5.97 Å². The fourth-order valence-corrected chi connectivity index (χ4v) is 3.70. The number of aryl methyl sites for hydroxylation is 2. The molecule has 166 valence electrons. The van der Waals surface area contributed by atoms with Crippen LogP contribution in [0.5, 0.6) is 0 Å². The number of pyridine rings is 1. The number of aromatic nitrogens is 1. The number of benzene rings is 3. The monoisotopic (exact) mass is 442 g/mol. The van der Waals surface area contributed by atoms with Crippen molar-refractivity contribution in [1.82, 2.24) is 4.98 Å². The molecule has 0 saturated carbocycles. The van der Waals surface area contributed by atoms with E-state index < -0.39 is 18.5 Å². The molecule has 1 amide bonds. The summed E-state index contributed by atoms with van der Waals surface area (Å²) in [6.45, 7) is 3.51. The van der Waals surface area contributed by atoms with E-state index in [2.05, 4.69) is 10.3 Å². The van der Waals surface area contributed by atoms with Crippen LogP contribution in [0.15, 0.2) is 72.8 Å². The van der Waals surface area contributed by atoms with Gasteiger partial charge in [0.1, 0.15) is 5.82 Å². The minimum atomic E-state index is -0.632. The molecule has 0 aliphatic carbocycles. The number of rotatable bonds is 6. The first-order chi connectivity index (χ1) is 16.0. The minimum absolute atomic E-state index is 0.290. The van der Waals surface area contributed by atoms with Gasteiger partial charge in [0.25, 0.3) is 5.91 Å². The third-order valence-corrected chi connectivity index (χ3v) is 5.41. The van der Waals surface area contributed by atoms with E-state index in [0.717, 1.165) is 23.2 Å². The molecule has 1 heterocycles. The van der Waals surface area contributed by atoms with Gasteiger partial charge in [-0.3, -0.25) is 4.79 Å². The summed E-state index contributed by atoms with van der Waals surface area (Å²) in [7, 11) is 0. The Morgan fingerprint density at radius 1 is 1.00 bits per heavy atom. The summed E-state index contributed by atoms with van der Waals surface area (Å²) in [5, 5.41) is 3.46. The zero-order valence-corrected chi connectivity index (χ0v) is 18.4. The average Bonchev–Trinajstić information content (AvgIpc) is 2.83. The van der Waals surface area contributed by atoms with Crippen LogP contribution in [0.4, 0.5) is 10.1 Å². The lowest BCUT2D eigenvalue weighted by atomic mass is 10.0. The van der Waals surface area contributed by atoms with Crippen molar-refractivity contribution in [3.05, 3.63) is 95.3 Å². The van der Waals surface area contributed by atoms with Crippen LogP contribution in [-0.2, 0) is 16.0 Å². The molecular weight excluding hydrogens is 419 g/mol. The van der Waals surface area contributed by atoms with E-state index in [1.54, 1.807) is 36.4 Å². The van der Waals surface area contributed by atoms with Crippen LogP contribution in [0.25, 0.3) is 22.2 Å². The second-order valence-electron chi connectivity index (χ2n) is 7.67. The normalized spacial score (nSPS) is 10.8. The van der Waals surface area contributed by atoms with Crippen molar-refractivity contribution >= 4 is 28.5 Å². The lowest BCUT2D eigenvalue weighted by molar-refractivity contribution is -0.119. The van der Waals surface area contributed by atoms with Crippen LogP contribution in [0.3, 0.4) is 0 Å². The summed E-state index contributed by atoms with van der Waals surface area (Å²) < 4.78 is 18.7. The molecule has 0 spiro atoms. The van der Waals surface area contributed by atoms with Crippen molar-refractivity contribution in [3.63, 3.8) is 0 Å².